The number of fused-ring (bicyclic) bond motifs is 6. The van der Waals surface area contributed by atoms with Crippen LogP contribution in [0.15, 0.2) is 115 Å². The number of hydrogen-bond donors (Lipinski definition) is 0. The number of rotatable bonds is 3. The van der Waals surface area contributed by atoms with Crippen LogP contribution in [0.2, 0.25) is 0 Å². The van der Waals surface area contributed by atoms with E-state index in [1.54, 1.807) is 0 Å². The fourth-order valence-electron chi connectivity index (χ4n) is 7.07. The molecule has 6 aromatic rings. The lowest BCUT2D eigenvalue weighted by Gasteiger charge is -2.21. The SMILES string of the molecule is CC1(C)c2ccccc2-c2cc(-c3nc(-c4ccccc4)nc(-c4ccc5c(c4)-c4ccccc4C5(C)C)n3)ccc21. The maximum Gasteiger partial charge on any atom is 0.164 e. The Morgan fingerprint density at radius 2 is 0.738 bits per heavy atom. The van der Waals surface area contributed by atoms with Gasteiger partial charge in [0.15, 0.2) is 17.5 Å². The van der Waals surface area contributed by atoms with Crippen molar-refractivity contribution in [1.29, 1.82) is 0 Å². The van der Waals surface area contributed by atoms with Crippen molar-refractivity contribution in [1.82, 2.24) is 15.0 Å². The molecule has 0 amide bonds. The van der Waals surface area contributed by atoms with Gasteiger partial charge < -0.3 is 0 Å². The first-order valence-corrected chi connectivity index (χ1v) is 14.6. The molecule has 2 aliphatic rings. The van der Waals surface area contributed by atoms with Gasteiger partial charge in [-0.25, -0.2) is 15.0 Å². The summed E-state index contributed by atoms with van der Waals surface area (Å²) in [6.45, 7) is 9.22. The Morgan fingerprint density at radius 3 is 1.21 bits per heavy atom. The van der Waals surface area contributed by atoms with Crippen LogP contribution in [0.1, 0.15) is 49.9 Å². The molecule has 2 aliphatic carbocycles. The Labute approximate surface area is 247 Å². The summed E-state index contributed by atoms with van der Waals surface area (Å²) in [6, 6.07) is 41.0. The maximum atomic E-state index is 5.11. The summed E-state index contributed by atoms with van der Waals surface area (Å²) in [5, 5.41) is 0. The van der Waals surface area contributed by atoms with Gasteiger partial charge in [-0.2, -0.15) is 0 Å². The Morgan fingerprint density at radius 1 is 0.357 bits per heavy atom. The molecule has 0 N–H and O–H groups in total. The minimum Gasteiger partial charge on any atom is -0.208 e. The lowest BCUT2D eigenvalue weighted by molar-refractivity contribution is 0.660. The molecule has 1 heterocycles. The Hall–Kier alpha value is -4.89. The van der Waals surface area contributed by atoms with Crippen molar-refractivity contribution in [3.63, 3.8) is 0 Å². The number of aromatic nitrogens is 3. The fourth-order valence-corrected chi connectivity index (χ4v) is 7.07. The van der Waals surface area contributed by atoms with Gasteiger partial charge in [0.05, 0.1) is 0 Å². The average Bonchev–Trinajstić information content (AvgIpc) is 3.40. The molecular weight excluding hydrogens is 510 g/mol. The highest BCUT2D eigenvalue weighted by Crippen LogP contribution is 2.50. The van der Waals surface area contributed by atoms with Crippen LogP contribution < -0.4 is 0 Å². The molecule has 0 aliphatic heterocycles. The predicted octanol–water partition coefficient (Wildman–Crippen LogP) is 9.49. The largest absolute Gasteiger partial charge is 0.208 e. The van der Waals surface area contributed by atoms with Gasteiger partial charge in [0, 0.05) is 27.5 Å². The highest BCUT2D eigenvalue weighted by atomic mass is 15.0. The first kappa shape index (κ1) is 24.9. The minimum absolute atomic E-state index is 0.0433. The third kappa shape index (κ3) is 3.56. The number of benzene rings is 5. The second-order valence-corrected chi connectivity index (χ2v) is 12.5. The molecule has 202 valence electrons. The van der Waals surface area contributed by atoms with Crippen molar-refractivity contribution in [2.75, 3.05) is 0 Å². The van der Waals surface area contributed by atoms with Crippen LogP contribution >= 0.6 is 0 Å². The van der Waals surface area contributed by atoms with Crippen LogP contribution in [0.5, 0.6) is 0 Å². The van der Waals surface area contributed by atoms with Gasteiger partial charge in [0.1, 0.15) is 0 Å². The van der Waals surface area contributed by atoms with Crippen molar-refractivity contribution >= 4 is 0 Å². The van der Waals surface area contributed by atoms with Gasteiger partial charge in [-0.1, -0.05) is 131 Å². The molecule has 0 radical (unpaired) electrons. The first-order valence-electron chi connectivity index (χ1n) is 14.6. The van der Waals surface area contributed by atoms with E-state index < -0.39 is 0 Å². The quantitative estimate of drug-likeness (QED) is 0.224. The Kier molecular flexibility index (Phi) is 5.21. The lowest BCUT2D eigenvalue weighted by Crippen LogP contribution is -2.14. The van der Waals surface area contributed by atoms with Gasteiger partial charge in [0.25, 0.3) is 0 Å². The summed E-state index contributed by atoms with van der Waals surface area (Å²) in [5.41, 5.74) is 13.4. The third-order valence-electron chi connectivity index (χ3n) is 9.35. The number of nitrogens with zero attached hydrogens (tertiary/aromatic N) is 3. The normalized spacial score (nSPS) is 15.0. The molecule has 5 aromatic carbocycles. The summed E-state index contributed by atoms with van der Waals surface area (Å²) in [5.74, 6) is 2.05. The van der Waals surface area contributed by atoms with Gasteiger partial charge >= 0.3 is 0 Å². The Balaban J connectivity index is 1.32. The zero-order valence-electron chi connectivity index (χ0n) is 24.3. The highest BCUT2D eigenvalue weighted by Gasteiger charge is 2.36. The monoisotopic (exact) mass is 541 g/mol. The van der Waals surface area contributed by atoms with E-state index in [1.165, 1.54) is 44.5 Å². The van der Waals surface area contributed by atoms with E-state index in [0.29, 0.717) is 17.5 Å². The first-order chi connectivity index (χ1) is 20.3. The van der Waals surface area contributed by atoms with E-state index in [1.807, 2.05) is 18.2 Å². The van der Waals surface area contributed by atoms with Crippen molar-refractivity contribution in [3.8, 4) is 56.4 Å². The van der Waals surface area contributed by atoms with Crippen molar-refractivity contribution in [2.24, 2.45) is 0 Å². The molecule has 3 heteroatoms. The van der Waals surface area contributed by atoms with Crippen LogP contribution in [0, 0.1) is 0 Å². The van der Waals surface area contributed by atoms with Crippen molar-refractivity contribution in [2.45, 2.75) is 38.5 Å². The average molecular weight is 542 g/mol. The van der Waals surface area contributed by atoms with Crippen LogP contribution in [-0.2, 0) is 10.8 Å². The molecule has 0 spiro atoms. The summed E-state index contributed by atoms with van der Waals surface area (Å²) >= 11 is 0. The lowest BCUT2D eigenvalue weighted by atomic mass is 9.82. The smallest absolute Gasteiger partial charge is 0.164 e. The van der Waals surface area contributed by atoms with E-state index >= 15 is 0 Å². The molecule has 3 nitrogen and oxygen atoms in total. The van der Waals surface area contributed by atoms with E-state index in [4.69, 9.17) is 15.0 Å². The van der Waals surface area contributed by atoms with Crippen LogP contribution in [0.3, 0.4) is 0 Å². The molecule has 42 heavy (non-hydrogen) atoms. The predicted molar refractivity (Wildman–Crippen MR) is 171 cm³/mol. The van der Waals surface area contributed by atoms with Gasteiger partial charge in [-0.15, -0.1) is 0 Å². The Bertz CT molecular complexity index is 1910. The van der Waals surface area contributed by atoms with Crippen LogP contribution in [0.25, 0.3) is 56.4 Å². The molecular formula is C39H31N3. The van der Waals surface area contributed by atoms with Crippen molar-refractivity contribution < 1.29 is 0 Å². The fraction of sp³-hybridized carbons (Fsp3) is 0.154. The summed E-state index contributed by atoms with van der Waals surface area (Å²) < 4.78 is 0. The zero-order valence-corrected chi connectivity index (χ0v) is 24.3. The molecule has 1 aromatic heterocycles. The van der Waals surface area contributed by atoms with E-state index in [0.717, 1.165) is 16.7 Å². The molecule has 0 saturated carbocycles. The summed E-state index contributed by atoms with van der Waals surface area (Å²) in [7, 11) is 0. The second-order valence-electron chi connectivity index (χ2n) is 12.5. The topological polar surface area (TPSA) is 38.7 Å². The van der Waals surface area contributed by atoms with Crippen LogP contribution in [-0.4, -0.2) is 15.0 Å². The summed E-state index contributed by atoms with van der Waals surface area (Å²) in [6.07, 6.45) is 0. The highest BCUT2D eigenvalue weighted by molar-refractivity contribution is 5.85. The van der Waals surface area contributed by atoms with E-state index in [2.05, 4.69) is 125 Å². The van der Waals surface area contributed by atoms with Crippen molar-refractivity contribution in [3.05, 3.63) is 138 Å². The van der Waals surface area contributed by atoms with Gasteiger partial charge in [-0.3, -0.25) is 0 Å². The summed E-state index contributed by atoms with van der Waals surface area (Å²) in [4.78, 5) is 15.2. The minimum atomic E-state index is -0.0433. The second kappa shape index (κ2) is 8.80. The molecule has 0 fully saturated rings. The third-order valence-corrected chi connectivity index (χ3v) is 9.35. The zero-order chi connectivity index (χ0) is 28.6. The van der Waals surface area contributed by atoms with E-state index in [9.17, 15) is 0 Å². The molecule has 0 unspecified atom stereocenters. The molecule has 8 rings (SSSR count). The standard InChI is InChI=1S/C39H31N3/c1-38(2)31-16-10-8-14-27(31)29-22-25(18-20-33(29)38)36-40-35(24-12-6-5-7-13-24)41-37(42-36)26-19-21-34-30(23-26)28-15-9-11-17-32(28)39(34,3)4/h5-23H,1-4H3. The molecule has 0 atom stereocenters. The van der Waals surface area contributed by atoms with Gasteiger partial charge in [0.2, 0.25) is 0 Å². The number of hydrogen-bond acceptors (Lipinski definition) is 3. The van der Waals surface area contributed by atoms with E-state index in [-0.39, 0.29) is 10.8 Å². The molecule has 0 bridgehead atoms. The van der Waals surface area contributed by atoms with Gasteiger partial charge in [-0.05, 0) is 56.6 Å². The van der Waals surface area contributed by atoms with Crippen LogP contribution in [0.4, 0.5) is 0 Å². The molecule has 0 saturated heterocycles. The maximum absolute atomic E-state index is 5.11.